The van der Waals surface area contributed by atoms with E-state index in [9.17, 15) is 20.3 Å². The predicted octanol–water partition coefficient (Wildman–Crippen LogP) is 7.30. The lowest BCUT2D eigenvalue weighted by Crippen LogP contribution is -2.26. The topological polar surface area (TPSA) is 152 Å². The van der Waals surface area contributed by atoms with Crippen LogP contribution in [0.2, 0.25) is 0 Å². The van der Waals surface area contributed by atoms with Gasteiger partial charge in [-0.2, -0.15) is 5.26 Å². The number of nitriles is 1. The van der Waals surface area contributed by atoms with Crippen LogP contribution in [0.15, 0.2) is 71.4 Å². The van der Waals surface area contributed by atoms with Gasteiger partial charge in [0.25, 0.3) is 0 Å². The molecular formula is C43H41N7O4. The number of rotatable bonds is 8. The van der Waals surface area contributed by atoms with E-state index in [4.69, 9.17) is 14.4 Å². The Kier molecular flexibility index (Phi) is 8.61. The number of aliphatic hydroxyl groups excluding tert-OH is 1. The Morgan fingerprint density at radius 1 is 1.00 bits per heavy atom. The Bertz CT molecular complexity index is 2500. The molecule has 1 aliphatic carbocycles. The maximum Gasteiger partial charge on any atom is 0.307 e. The molecule has 54 heavy (non-hydrogen) atoms. The number of β-amino-alcohol motifs (C(OH)–C–C–N with tert-alkyl or cyclic N) is 1. The maximum atomic E-state index is 11.7. The highest BCUT2D eigenvalue weighted by molar-refractivity contribution is 5.91. The number of aromatic nitrogens is 3. The van der Waals surface area contributed by atoms with Crippen LogP contribution in [0.3, 0.4) is 0 Å². The molecule has 3 atom stereocenters. The summed E-state index contributed by atoms with van der Waals surface area (Å²) in [6.07, 6.45) is 6.50. The summed E-state index contributed by atoms with van der Waals surface area (Å²) in [6.45, 7) is 7.76. The van der Waals surface area contributed by atoms with Crippen molar-refractivity contribution in [1.82, 2.24) is 24.8 Å². The fourth-order valence-electron chi connectivity index (χ4n) is 8.86. The van der Waals surface area contributed by atoms with Crippen LogP contribution in [0.1, 0.15) is 58.7 Å². The number of aliphatic hydroxyl groups is 1. The molecule has 3 aromatic carbocycles. The first kappa shape index (κ1) is 34.1. The van der Waals surface area contributed by atoms with Crippen LogP contribution >= 0.6 is 0 Å². The molecule has 3 N–H and O–H groups in total. The van der Waals surface area contributed by atoms with Gasteiger partial charge in [0.05, 0.1) is 12.0 Å². The van der Waals surface area contributed by atoms with Crippen LogP contribution in [0.4, 0.5) is 11.5 Å². The third-order valence-corrected chi connectivity index (χ3v) is 11.7. The summed E-state index contributed by atoms with van der Waals surface area (Å²) in [5, 5.41) is 34.4. The molecule has 0 amide bonds. The van der Waals surface area contributed by atoms with Gasteiger partial charge >= 0.3 is 5.97 Å². The number of oxazole rings is 1. The minimum Gasteiger partial charge on any atom is -0.481 e. The lowest BCUT2D eigenvalue weighted by molar-refractivity contribution is -0.141. The molecule has 0 saturated carbocycles. The van der Waals surface area contributed by atoms with E-state index in [2.05, 4.69) is 64.3 Å². The highest BCUT2D eigenvalue weighted by Gasteiger charge is 2.37. The zero-order valence-corrected chi connectivity index (χ0v) is 30.3. The highest BCUT2D eigenvalue weighted by atomic mass is 16.4. The van der Waals surface area contributed by atoms with E-state index in [0.29, 0.717) is 47.9 Å². The Morgan fingerprint density at radius 3 is 2.59 bits per heavy atom. The standard InChI is InChI=1S/C43H41N7O4/c1-24-30(31-6-4-8-36(25(31)2)47-41-39-27(11-14-45-41)17-26(20-46-39)21-49-15-13-29(51)23-49)5-3-7-32(24)42-48-37-18-34-33(35(19-44)40(37)54-42)9-10-38(34)50-16-12-28(22-50)43(52)53/h3-8,11,14,17-18,20,28-29,38,51H,9-10,12-13,15-16,21-23H2,1-2H3,(H,45,47)(H,52,53)/t28-,29-,38?/m1/s1. The van der Waals surface area contributed by atoms with Crippen molar-refractivity contribution in [3.8, 4) is 28.7 Å². The zero-order valence-electron chi connectivity index (χ0n) is 30.3. The second-order valence-corrected chi connectivity index (χ2v) is 15.0. The number of hydrogen-bond acceptors (Lipinski definition) is 10. The Labute approximate surface area is 312 Å². The molecule has 11 heteroatoms. The fraction of sp³-hybridized carbons (Fsp3) is 0.326. The van der Waals surface area contributed by atoms with Crippen LogP contribution in [-0.4, -0.2) is 73.2 Å². The summed E-state index contributed by atoms with van der Waals surface area (Å²) >= 11 is 0. The van der Waals surface area contributed by atoms with Crippen LogP contribution in [0, 0.1) is 31.1 Å². The summed E-state index contributed by atoms with van der Waals surface area (Å²) in [6, 6.07) is 21.0. The second-order valence-electron chi connectivity index (χ2n) is 15.0. The van der Waals surface area contributed by atoms with Gasteiger partial charge in [0.15, 0.2) is 11.4 Å². The molecule has 2 fully saturated rings. The van der Waals surface area contributed by atoms with E-state index in [0.717, 1.165) is 100.0 Å². The van der Waals surface area contributed by atoms with Crippen molar-refractivity contribution in [2.45, 2.75) is 58.2 Å². The number of pyridine rings is 2. The minimum absolute atomic E-state index is 0.0721. The number of fused-ring (bicyclic) bond motifs is 3. The maximum absolute atomic E-state index is 11.7. The molecule has 0 bridgehead atoms. The Morgan fingerprint density at radius 2 is 1.81 bits per heavy atom. The predicted molar refractivity (Wildman–Crippen MR) is 206 cm³/mol. The summed E-state index contributed by atoms with van der Waals surface area (Å²) in [7, 11) is 0. The van der Waals surface area contributed by atoms with E-state index in [-0.39, 0.29) is 18.1 Å². The number of carboxylic acids is 1. The molecule has 11 nitrogen and oxygen atoms in total. The smallest absolute Gasteiger partial charge is 0.307 e. The molecule has 5 heterocycles. The molecule has 3 aliphatic rings. The van der Waals surface area contributed by atoms with Crippen molar-refractivity contribution < 1.29 is 19.4 Å². The first-order chi connectivity index (χ1) is 26.2. The van der Waals surface area contributed by atoms with E-state index in [1.165, 1.54) is 0 Å². The van der Waals surface area contributed by atoms with Gasteiger partial charge in [-0.3, -0.25) is 19.6 Å². The number of hydrogen-bond donors (Lipinski definition) is 3. The molecule has 272 valence electrons. The van der Waals surface area contributed by atoms with Gasteiger partial charge in [-0.1, -0.05) is 24.3 Å². The average molecular weight is 720 g/mol. The van der Waals surface area contributed by atoms with Crippen LogP contribution < -0.4 is 5.32 Å². The molecule has 2 saturated heterocycles. The number of nitrogens with one attached hydrogen (secondary N) is 1. The molecule has 1 unspecified atom stereocenters. The van der Waals surface area contributed by atoms with Gasteiger partial charge in [-0.25, -0.2) is 9.97 Å². The fourth-order valence-corrected chi connectivity index (χ4v) is 8.86. The van der Waals surface area contributed by atoms with Crippen molar-refractivity contribution >= 4 is 39.5 Å². The lowest BCUT2D eigenvalue weighted by atomic mass is 9.93. The Balaban J connectivity index is 1.01. The monoisotopic (exact) mass is 719 g/mol. The number of carboxylic acid groups (broad SMARTS) is 1. The van der Waals surface area contributed by atoms with Crippen molar-refractivity contribution in [2.24, 2.45) is 5.92 Å². The van der Waals surface area contributed by atoms with Crippen molar-refractivity contribution in [3.05, 3.63) is 100 Å². The number of carbonyl (C=O) groups is 1. The summed E-state index contributed by atoms with van der Waals surface area (Å²) in [5.74, 6) is 0.0448. The average Bonchev–Trinajstić information content (AvgIpc) is 3.99. The highest BCUT2D eigenvalue weighted by Crippen LogP contribution is 2.44. The summed E-state index contributed by atoms with van der Waals surface area (Å²) < 4.78 is 6.44. The van der Waals surface area contributed by atoms with E-state index in [1.807, 2.05) is 36.5 Å². The molecular weight excluding hydrogens is 679 g/mol. The van der Waals surface area contributed by atoms with Crippen LogP contribution in [0.25, 0.3) is 44.6 Å². The quantitative estimate of drug-likeness (QED) is 0.145. The molecule has 6 aromatic rings. The van der Waals surface area contributed by atoms with Crippen LogP contribution in [0.5, 0.6) is 0 Å². The first-order valence-electron chi connectivity index (χ1n) is 18.7. The van der Waals surface area contributed by atoms with E-state index in [1.54, 1.807) is 6.20 Å². The summed E-state index contributed by atoms with van der Waals surface area (Å²) in [5.41, 5.74) is 11.6. The first-order valence-corrected chi connectivity index (χ1v) is 18.7. The number of nitrogens with zero attached hydrogens (tertiary/aromatic N) is 6. The van der Waals surface area contributed by atoms with Crippen LogP contribution in [-0.2, 0) is 17.8 Å². The summed E-state index contributed by atoms with van der Waals surface area (Å²) in [4.78, 5) is 30.6. The molecule has 3 aromatic heterocycles. The van der Waals surface area contributed by atoms with Gasteiger partial charge in [0.2, 0.25) is 5.89 Å². The molecule has 0 radical (unpaired) electrons. The molecule has 2 aliphatic heterocycles. The minimum atomic E-state index is -0.745. The lowest BCUT2D eigenvalue weighted by Gasteiger charge is -2.24. The van der Waals surface area contributed by atoms with Crippen molar-refractivity contribution in [3.63, 3.8) is 0 Å². The van der Waals surface area contributed by atoms with Gasteiger partial charge in [-0.15, -0.1) is 0 Å². The van der Waals surface area contributed by atoms with Crippen molar-refractivity contribution in [1.29, 1.82) is 5.26 Å². The SMILES string of the molecule is Cc1c(Nc2nccc3cc(CN4CC[C@@H](O)C4)cnc23)cccc1-c1cccc(-c2nc3cc4c(c(C#N)c3o2)CCC4N2CC[C@@H](C(=O)O)C2)c1C. The largest absolute Gasteiger partial charge is 0.481 e. The third kappa shape index (κ3) is 5.97. The van der Waals surface area contributed by atoms with Crippen molar-refractivity contribution in [2.75, 3.05) is 31.5 Å². The second kappa shape index (κ2) is 13.6. The normalized spacial score (nSPS) is 20.1. The van der Waals surface area contributed by atoms with Gasteiger partial charge in [0, 0.05) is 61.3 Å². The van der Waals surface area contributed by atoms with Gasteiger partial charge < -0.3 is 19.9 Å². The number of aliphatic carboxylic acids is 1. The Hall–Kier alpha value is -5.67. The zero-order chi connectivity index (χ0) is 37.1. The number of benzene rings is 3. The van der Waals surface area contributed by atoms with Gasteiger partial charge in [0.1, 0.15) is 22.7 Å². The molecule has 9 rings (SSSR count). The van der Waals surface area contributed by atoms with Gasteiger partial charge in [-0.05, 0) is 115 Å². The molecule has 0 spiro atoms. The van der Waals surface area contributed by atoms with E-state index >= 15 is 0 Å². The number of anilines is 2. The number of likely N-dealkylation sites (tertiary alicyclic amines) is 2. The van der Waals surface area contributed by atoms with E-state index < -0.39 is 5.97 Å². The third-order valence-electron chi connectivity index (χ3n) is 11.7.